The van der Waals surface area contributed by atoms with Crippen LogP contribution in [0.5, 0.6) is 0 Å². The van der Waals surface area contributed by atoms with Crippen LogP contribution in [0.2, 0.25) is 0 Å². The summed E-state index contributed by atoms with van der Waals surface area (Å²) in [6.07, 6.45) is 2.38. The maximum Gasteiger partial charge on any atom is 0.106 e. The van der Waals surface area contributed by atoms with E-state index in [1.54, 1.807) is 0 Å². The van der Waals surface area contributed by atoms with Gasteiger partial charge in [-0.05, 0) is 37.4 Å². The summed E-state index contributed by atoms with van der Waals surface area (Å²) in [6, 6.07) is 6.72. The Hall–Kier alpha value is -0.860. The van der Waals surface area contributed by atoms with Crippen molar-refractivity contribution < 1.29 is 4.74 Å². The van der Waals surface area contributed by atoms with E-state index in [4.69, 9.17) is 4.74 Å². The Labute approximate surface area is 90.6 Å². The summed E-state index contributed by atoms with van der Waals surface area (Å²) in [6.45, 7) is 5.04. The van der Waals surface area contributed by atoms with Crippen LogP contribution in [-0.4, -0.2) is 13.1 Å². The van der Waals surface area contributed by atoms with Crippen LogP contribution in [0.25, 0.3) is 0 Å². The predicted molar refractivity (Wildman–Crippen MR) is 59.7 cm³/mol. The molecule has 2 aliphatic rings. The molecule has 0 saturated carbocycles. The van der Waals surface area contributed by atoms with E-state index in [0.29, 0.717) is 0 Å². The molecule has 1 saturated heterocycles. The summed E-state index contributed by atoms with van der Waals surface area (Å²) in [7, 11) is 0. The molecule has 2 aliphatic heterocycles. The minimum Gasteiger partial charge on any atom is -0.364 e. The van der Waals surface area contributed by atoms with Gasteiger partial charge in [0, 0.05) is 6.54 Å². The van der Waals surface area contributed by atoms with Gasteiger partial charge in [-0.3, -0.25) is 0 Å². The smallest absolute Gasteiger partial charge is 0.106 e. The van der Waals surface area contributed by atoms with Gasteiger partial charge in [0.1, 0.15) is 5.60 Å². The number of aryl methyl sites for hydroxylation is 1. The first-order valence-electron chi connectivity index (χ1n) is 5.75. The van der Waals surface area contributed by atoms with Crippen molar-refractivity contribution in [3.8, 4) is 0 Å². The molecular formula is C13H17NO. The average Bonchev–Trinajstić information content (AvgIpc) is 2.58. The van der Waals surface area contributed by atoms with Crippen LogP contribution >= 0.6 is 0 Å². The van der Waals surface area contributed by atoms with Crippen LogP contribution in [0.15, 0.2) is 18.2 Å². The molecule has 0 amide bonds. The van der Waals surface area contributed by atoms with Gasteiger partial charge >= 0.3 is 0 Å². The molecule has 1 unspecified atom stereocenters. The number of nitrogens with one attached hydrogen (secondary N) is 1. The molecule has 15 heavy (non-hydrogen) atoms. The van der Waals surface area contributed by atoms with Gasteiger partial charge in [-0.25, -0.2) is 0 Å². The van der Waals surface area contributed by atoms with Gasteiger partial charge in [-0.1, -0.05) is 23.8 Å². The lowest BCUT2D eigenvalue weighted by atomic mass is 9.85. The van der Waals surface area contributed by atoms with Crippen LogP contribution in [0.3, 0.4) is 0 Å². The largest absolute Gasteiger partial charge is 0.364 e. The zero-order chi connectivity index (χ0) is 10.3. The maximum atomic E-state index is 6.04. The van der Waals surface area contributed by atoms with Gasteiger partial charge in [0.05, 0.1) is 6.61 Å². The Kier molecular flexibility index (Phi) is 2.08. The highest BCUT2D eigenvalue weighted by molar-refractivity contribution is 5.39. The molecule has 1 aromatic carbocycles. The second-order valence-corrected chi connectivity index (χ2v) is 4.72. The Bertz CT molecular complexity index is 380. The molecule has 0 radical (unpaired) electrons. The molecule has 1 fully saturated rings. The summed E-state index contributed by atoms with van der Waals surface area (Å²) in [5.74, 6) is 0. The van der Waals surface area contributed by atoms with E-state index in [1.165, 1.54) is 23.1 Å². The number of hydrogen-bond acceptors (Lipinski definition) is 2. The maximum absolute atomic E-state index is 6.04. The predicted octanol–water partition coefficient (Wildman–Crippen LogP) is 2.10. The van der Waals surface area contributed by atoms with Crippen LogP contribution in [0.1, 0.15) is 29.5 Å². The van der Waals surface area contributed by atoms with Crippen molar-refractivity contribution in [2.75, 3.05) is 13.1 Å². The monoisotopic (exact) mass is 203 g/mol. The fraction of sp³-hybridized carbons (Fsp3) is 0.538. The third kappa shape index (κ3) is 1.40. The van der Waals surface area contributed by atoms with Crippen molar-refractivity contribution in [1.29, 1.82) is 0 Å². The van der Waals surface area contributed by atoms with Crippen molar-refractivity contribution in [1.82, 2.24) is 5.32 Å². The fourth-order valence-electron chi connectivity index (χ4n) is 2.81. The lowest BCUT2D eigenvalue weighted by Crippen LogP contribution is -2.43. The summed E-state index contributed by atoms with van der Waals surface area (Å²) < 4.78 is 6.04. The van der Waals surface area contributed by atoms with Gasteiger partial charge in [0.2, 0.25) is 0 Å². The second kappa shape index (κ2) is 3.32. The van der Waals surface area contributed by atoms with E-state index in [2.05, 4.69) is 30.4 Å². The van der Waals surface area contributed by atoms with Gasteiger partial charge in [-0.15, -0.1) is 0 Å². The average molecular weight is 203 g/mol. The number of ether oxygens (including phenoxy) is 1. The highest BCUT2D eigenvalue weighted by Crippen LogP contribution is 2.41. The molecule has 3 rings (SSSR count). The molecule has 0 aromatic heterocycles. The molecule has 0 bridgehead atoms. The van der Waals surface area contributed by atoms with Crippen molar-refractivity contribution >= 4 is 0 Å². The standard InChI is InChI=1S/C13H17NO/c1-10-3-4-12-11(7-10)8-15-13(12)5-2-6-14-9-13/h3-4,7,14H,2,5-6,8-9H2,1H3. The van der Waals surface area contributed by atoms with Crippen LogP contribution < -0.4 is 5.32 Å². The molecular weight excluding hydrogens is 186 g/mol. The first-order chi connectivity index (χ1) is 7.30. The number of piperidine rings is 1. The topological polar surface area (TPSA) is 21.3 Å². The molecule has 1 aromatic rings. The molecule has 1 spiro atoms. The zero-order valence-electron chi connectivity index (χ0n) is 9.18. The summed E-state index contributed by atoms with van der Waals surface area (Å²) in [4.78, 5) is 0. The molecule has 2 nitrogen and oxygen atoms in total. The number of fused-ring (bicyclic) bond motifs is 2. The number of hydrogen-bond donors (Lipinski definition) is 1. The number of benzene rings is 1. The minimum absolute atomic E-state index is 0.0126. The van der Waals surface area contributed by atoms with E-state index in [-0.39, 0.29) is 5.60 Å². The highest BCUT2D eigenvalue weighted by Gasteiger charge is 2.40. The lowest BCUT2D eigenvalue weighted by Gasteiger charge is -2.34. The van der Waals surface area contributed by atoms with Crippen molar-refractivity contribution in [2.45, 2.75) is 32.0 Å². The number of rotatable bonds is 0. The summed E-state index contributed by atoms with van der Waals surface area (Å²) >= 11 is 0. The molecule has 1 N–H and O–H groups in total. The molecule has 0 aliphatic carbocycles. The van der Waals surface area contributed by atoms with Crippen molar-refractivity contribution in [3.63, 3.8) is 0 Å². The van der Waals surface area contributed by atoms with E-state index in [1.807, 2.05) is 0 Å². The van der Waals surface area contributed by atoms with Crippen LogP contribution in [-0.2, 0) is 16.9 Å². The summed E-state index contributed by atoms with van der Waals surface area (Å²) in [5.41, 5.74) is 4.12. The third-order valence-electron chi connectivity index (χ3n) is 3.60. The fourth-order valence-corrected chi connectivity index (χ4v) is 2.81. The van der Waals surface area contributed by atoms with Gasteiger partial charge < -0.3 is 10.1 Å². The first-order valence-corrected chi connectivity index (χ1v) is 5.75. The van der Waals surface area contributed by atoms with Gasteiger partial charge in [0.25, 0.3) is 0 Å². The SMILES string of the molecule is Cc1ccc2c(c1)COC21CCCNC1. The van der Waals surface area contributed by atoms with Crippen molar-refractivity contribution in [3.05, 3.63) is 34.9 Å². The minimum atomic E-state index is -0.0126. The Balaban J connectivity index is 2.03. The first kappa shape index (κ1) is 9.37. The lowest BCUT2D eigenvalue weighted by molar-refractivity contribution is -0.0536. The molecule has 1 atom stereocenters. The Morgan fingerprint density at radius 3 is 3.13 bits per heavy atom. The molecule has 80 valence electrons. The highest BCUT2D eigenvalue weighted by atomic mass is 16.5. The van der Waals surface area contributed by atoms with Gasteiger partial charge in [-0.2, -0.15) is 0 Å². The normalized spacial score (nSPS) is 29.4. The second-order valence-electron chi connectivity index (χ2n) is 4.72. The summed E-state index contributed by atoms with van der Waals surface area (Å²) in [5, 5.41) is 3.45. The zero-order valence-corrected chi connectivity index (χ0v) is 9.18. The van der Waals surface area contributed by atoms with Crippen molar-refractivity contribution in [2.24, 2.45) is 0 Å². The van der Waals surface area contributed by atoms with E-state index in [9.17, 15) is 0 Å². The van der Waals surface area contributed by atoms with E-state index < -0.39 is 0 Å². The molecule has 2 heteroatoms. The van der Waals surface area contributed by atoms with Crippen LogP contribution in [0.4, 0.5) is 0 Å². The third-order valence-corrected chi connectivity index (χ3v) is 3.60. The van der Waals surface area contributed by atoms with Crippen LogP contribution in [0, 0.1) is 6.92 Å². The Morgan fingerprint density at radius 2 is 2.33 bits per heavy atom. The molecule has 2 heterocycles. The van der Waals surface area contributed by atoms with E-state index >= 15 is 0 Å². The quantitative estimate of drug-likeness (QED) is 0.697. The Morgan fingerprint density at radius 1 is 1.40 bits per heavy atom. The van der Waals surface area contributed by atoms with Gasteiger partial charge in [0.15, 0.2) is 0 Å². The van der Waals surface area contributed by atoms with E-state index in [0.717, 1.165) is 26.1 Å².